The maximum atomic E-state index is 12.1. The molecule has 2 rings (SSSR count). The first-order valence-corrected chi connectivity index (χ1v) is 8.11. The Bertz CT molecular complexity index is 789. The molecular weight excluding hydrogens is 374 g/mol. The molecule has 0 fully saturated rings. The van der Waals surface area contributed by atoms with Crippen LogP contribution in [0, 0.1) is 0 Å². The molecule has 0 bridgehead atoms. The van der Waals surface area contributed by atoms with Gasteiger partial charge in [-0.2, -0.15) is 0 Å². The van der Waals surface area contributed by atoms with Crippen LogP contribution in [-0.4, -0.2) is 30.4 Å². The highest BCUT2D eigenvalue weighted by molar-refractivity contribution is 6.04. The van der Waals surface area contributed by atoms with Gasteiger partial charge in [0.25, 0.3) is 11.8 Å². The highest BCUT2D eigenvalue weighted by atomic mass is 35.5. The van der Waals surface area contributed by atoms with Gasteiger partial charge in [0.2, 0.25) is 0 Å². The molecule has 4 N–H and O–H groups in total. The molecule has 1 unspecified atom stereocenters. The zero-order chi connectivity index (χ0) is 19.1. The average molecular weight is 396 g/mol. The standard InChI is InChI=1S/C18H21N3O5.ClH/c1-3-25-18(24)11(2)20-16(22)12-4-6-14(7-5-12)21-17(23)13-8-15(9-19)26-10-13;/h4-8,10-11H,3,9,19H2,1-2H3,(H,20,22)(H,21,23);1H. The summed E-state index contributed by atoms with van der Waals surface area (Å²) in [5.41, 5.74) is 6.66. The number of anilines is 1. The van der Waals surface area contributed by atoms with Gasteiger partial charge in [-0.1, -0.05) is 0 Å². The van der Waals surface area contributed by atoms with Crippen molar-refractivity contribution in [3.63, 3.8) is 0 Å². The number of benzene rings is 1. The van der Waals surface area contributed by atoms with Crippen LogP contribution in [0.3, 0.4) is 0 Å². The van der Waals surface area contributed by atoms with E-state index >= 15 is 0 Å². The van der Waals surface area contributed by atoms with Gasteiger partial charge < -0.3 is 25.5 Å². The average Bonchev–Trinajstić information content (AvgIpc) is 3.11. The number of rotatable bonds is 7. The van der Waals surface area contributed by atoms with Gasteiger partial charge in [-0.25, -0.2) is 4.79 Å². The molecule has 0 saturated carbocycles. The second kappa shape index (κ2) is 10.3. The van der Waals surface area contributed by atoms with Crippen LogP contribution >= 0.6 is 12.4 Å². The summed E-state index contributed by atoms with van der Waals surface area (Å²) in [6.45, 7) is 3.70. The van der Waals surface area contributed by atoms with Crippen LogP contribution in [0.1, 0.15) is 40.3 Å². The number of amides is 2. The van der Waals surface area contributed by atoms with E-state index in [2.05, 4.69) is 10.6 Å². The molecule has 9 heteroatoms. The molecule has 146 valence electrons. The zero-order valence-corrected chi connectivity index (χ0v) is 15.8. The molecule has 0 spiro atoms. The van der Waals surface area contributed by atoms with E-state index < -0.39 is 17.9 Å². The first kappa shape index (κ1) is 22.2. The van der Waals surface area contributed by atoms with Gasteiger partial charge in [0.15, 0.2) is 0 Å². The Hall–Kier alpha value is -2.84. The lowest BCUT2D eigenvalue weighted by atomic mass is 10.1. The molecule has 1 aromatic heterocycles. The lowest BCUT2D eigenvalue weighted by molar-refractivity contribution is -0.144. The number of esters is 1. The molecule has 0 radical (unpaired) electrons. The SMILES string of the molecule is CCOC(=O)C(C)NC(=O)c1ccc(NC(=O)c2coc(CN)c2)cc1.Cl. The Balaban J connectivity index is 0.00000364. The second-order valence-corrected chi connectivity index (χ2v) is 5.48. The molecule has 1 heterocycles. The predicted molar refractivity (Wildman–Crippen MR) is 102 cm³/mol. The van der Waals surface area contributed by atoms with Gasteiger partial charge in [-0.3, -0.25) is 9.59 Å². The molecule has 0 aliphatic heterocycles. The number of ether oxygens (including phenoxy) is 1. The molecule has 1 aromatic carbocycles. The summed E-state index contributed by atoms with van der Waals surface area (Å²) in [5.74, 6) is -0.744. The number of nitrogens with two attached hydrogens (primary N) is 1. The Morgan fingerprint density at radius 3 is 2.37 bits per heavy atom. The number of nitrogens with one attached hydrogen (secondary N) is 2. The van der Waals surface area contributed by atoms with Gasteiger partial charge in [0.05, 0.1) is 18.7 Å². The number of furan rings is 1. The Morgan fingerprint density at radius 2 is 1.81 bits per heavy atom. The third-order valence-electron chi connectivity index (χ3n) is 3.51. The van der Waals surface area contributed by atoms with Crippen LogP contribution in [-0.2, 0) is 16.1 Å². The third-order valence-corrected chi connectivity index (χ3v) is 3.51. The molecule has 0 aliphatic carbocycles. The fraction of sp³-hybridized carbons (Fsp3) is 0.278. The summed E-state index contributed by atoms with van der Waals surface area (Å²) in [5, 5.41) is 5.24. The molecule has 0 aliphatic rings. The fourth-order valence-corrected chi connectivity index (χ4v) is 2.12. The number of hydrogen-bond donors (Lipinski definition) is 3. The van der Waals surface area contributed by atoms with E-state index in [0.29, 0.717) is 22.6 Å². The Kier molecular flexibility index (Phi) is 8.50. The molecular formula is C18H22ClN3O5. The van der Waals surface area contributed by atoms with Crippen molar-refractivity contribution < 1.29 is 23.5 Å². The maximum Gasteiger partial charge on any atom is 0.328 e. The fourth-order valence-electron chi connectivity index (χ4n) is 2.12. The minimum atomic E-state index is -0.750. The summed E-state index contributed by atoms with van der Waals surface area (Å²) in [6.07, 6.45) is 1.33. The summed E-state index contributed by atoms with van der Waals surface area (Å²) >= 11 is 0. The van der Waals surface area contributed by atoms with Crippen LogP contribution < -0.4 is 16.4 Å². The minimum absolute atomic E-state index is 0. The first-order chi connectivity index (χ1) is 12.4. The first-order valence-electron chi connectivity index (χ1n) is 8.11. The van der Waals surface area contributed by atoms with Crippen molar-refractivity contribution in [1.82, 2.24) is 5.32 Å². The van der Waals surface area contributed by atoms with Crippen LogP contribution in [0.5, 0.6) is 0 Å². The van der Waals surface area contributed by atoms with Gasteiger partial charge in [-0.05, 0) is 44.2 Å². The maximum absolute atomic E-state index is 12.1. The van der Waals surface area contributed by atoms with Crippen molar-refractivity contribution in [1.29, 1.82) is 0 Å². The summed E-state index contributed by atoms with van der Waals surface area (Å²) < 4.78 is 9.96. The van der Waals surface area contributed by atoms with Crippen molar-refractivity contribution in [2.24, 2.45) is 5.73 Å². The number of hydrogen-bond acceptors (Lipinski definition) is 6. The lowest BCUT2D eigenvalue weighted by Crippen LogP contribution is -2.39. The monoisotopic (exact) mass is 395 g/mol. The Labute approximate surface area is 162 Å². The molecule has 2 amide bonds. The number of carbonyl (C=O) groups excluding carboxylic acids is 3. The molecule has 2 aromatic rings. The smallest absolute Gasteiger partial charge is 0.328 e. The van der Waals surface area contributed by atoms with Crippen LogP contribution in [0.2, 0.25) is 0 Å². The van der Waals surface area contributed by atoms with Gasteiger partial charge in [0.1, 0.15) is 18.1 Å². The lowest BCUT2D eigenvalue weighted by Gasteiger charge is -2.12. The largest absolute Gasteiger partial charge is 0.467 e. The second-order valence-electron chi connectivity index (χ2n) is 5.48. The quantitative estimate of drug-likeness (QED) is 0.617. The van der Waals surface area contributed by atoms with E-state index in [4.69, 9.17) is 14.9 Å². The van der Waals surface area contributed by atoms with Crippen molar-refractivity contribution in [3.05, 3.63) is 53.5 Å². The molecule has 8 nitrogen and oxygen atoms in total. The van der Waals surface area contributed by atoms with Gasteiger partial charge in [0, 0.05) is 11.3 Å². The number of carbonyl (C=O) groups is 3. The van der Waals surface area contributed by atoms with E-state index in [1.807, 2.05) is 0 Å². The predicted octanol–water partition coefficient (Wildman–Crippen LogP) is 2.09. The topological polar surface area (TPSA) is 124 Å². The van der Waals surface area contributed by atoms with E-state index in [0.717, 1.165) is 0 Å². The van der Waals surface area contributed by atoms with E-state index in [1.54, 1.807) is 44.2 Å². The van der Waals surface area contributed by atoms with E-state index in [-0.39, 0.29) is 31.5 Å². The summed E-state index contributed by atoms with van der Waals surface area (Å²) in [4.78, 5) is 35.8. The van der Waals surface area contributed by atoms with E-state index in [1.165, 1.54) is 6.26 Å². The normalized spacial score (nSPS) is 11.1. The van der Waals surface area contributed by atoms with Crippen molar-refractivity contribution in [2.75, 3.05) is 11.9 Å². The van der Waals surface area contributed by atoms with Crippen LogP contribution in [0.25, 0.3) is 0 Å². The summed E-state index contributed by atoms with van der Waals surface area (Å²) in [7, 11) is 0. The highest BCUT2D eigenvalue weighted by Gasteiger charge is 2.17. The van der Waals surface area contributed by atoms with Crippen molar-refractivity contribution in [3.8, 4) is 0 Å². The van der Waals surface area contributed by atoms with Crippen molar-refractivity contribution in [2.45, 2.75) is 26.4 Å². The van der Waals surface area contributed by atoms with E-state index in [9.17, 15) is 14.4 Å². The molecule has 0 saturated heterocycles. The number of halogens is 1. The van der Waals surface area contributed by atoms with Crippen LogP contribution in [0.4, 0.5) is 5.69 Å². The third kappa shape index (κ3) is 6.12. The van der Waals surface area contributed by atoms with Gasteiger partial charge in [-0.15, -0.1) is 12.4 Å². The summed E-state index contributed by atoms with van der Waals surface area (Å²) in [6, 6.07) is 7.08. The zero-order valence-electron chi connectivity index (χ0n) is 15.0. The van der Waals surface area contributed by atoms with Gasteiger partial charge >= 0.3 is 5.97 Å². The molecule has 1 atom stereocenters. The van der Waals surface area contributed by atoms with Crippen LogP contribution in [0.15, 0.2) is 41.0 Å². The highest BCUT2D eigenvalue weighted by Crippen LogP contribution is 2.13. The van der Waals surface area contributed by atoms with Crippen molar-refractivity contribution >= 4 is 35.9 Å². The molecule has 27 heavy (non-hydrogen) atoms. The minimum Gasteiger partial charge on any atom is -0.467 e. The Morgan fingerprint density at radius 1 is 1.15 bits per heavy atom.